The van der Waals surface area contributed by atoms with Crippen LogP contribution in [0.25, 0.3) is 0 Å². The normalized spacial score (nSPS) is 37.8. The van der Waals surface area contributed by atoms with E-state index in [0.717, 1.165) is 44.2 Å². The summed E-state index contributed by atoms with van der Waals surface area (Å²) in [6.45, 7) is 2.30. The van der Waals surface area contributed by atoms with Crippen LogP contribution in [0.1, 0.15) is 56.1 Å². The van der Waals surface area contributed by atoms with Gasteiger partial charge in [0.25, 0.3) is 0 Å². The first-order valence-electron chi connectivity index (χ1n) is 8.13. The molecule has 21 heavy (non-hydrogen) atoms. The molecule has 0 bridgehead atoms. The number of fused-ring (bicyclic) bond motifs is 5. The van der Waals surface area contributed by atoms with E-state index in [2.05, 4.69) is 6.92 Å². The maximum atomic E-state index is 9.86. The van der Waals surface area contributed by atoms with Gasteiger partial charge in [0.2, 0.25) is 0 Å². The fraction of sp³-hybridized carbons (Fsp3) is 0.611. The molecule has 0 spiro atoms. The molecule has 3 N–H and O–H groups in total. The SMILES string of the molecule is CC12CCC3c4cc(O)c(O)cc4CCC3C1CCC2=N. The first-order chi connectivity index (χ1) is 10.0. The minimum atomic E-state index is 0.00971. The van der Waals surface area contributed by atoms with E-state index in [1.54, 1.807) is 12.1 Å². The Balaban J connectivity index is 1.75. The predicted molar refractivity (Wildman–Crippen MR) is 82.1 cm³/mol. The van der Waals surface area contributed by atoms with Crippen LogP contribution >= 0.6 is 0 Å². The Kier molecular flexibility index (Phi) is 2.66. The van der Waals surface area contributed by atoms with Crippen molar-refractivity contribution >= 4 is 5.71 Å². The molecule has 4 rings (SSSR count). The zero-order chi connectivity index (χ0) is 14.8. The van der Waals surface area contributed by atoms with Crippen LogP contribution in [0.5, 0.6) is 11.5 Å². The number of phenols is 2. The second-order valence-electron chi connectivity index (χ2n) is 7.43. The molecular formula is C18H23NO2. The van der Waals surface area contributed by atoms with E-state index >= 15 is 0 Å². The van der Waals surface area contributed by atoms with Gasteiger partial charge in [-0.15, -0.1) is 0 Å². The average molecular weight is 285 g/mol. The summed E-state index contributed by atoms with van der Waals surface area (Å²) in [5, 5.41) is 27.9. The molecule has 3 aliphatic carbocycles. The Morgan fingerprint density at radius 1 is 1.10 bits per heavy atom. The Labute approximate surface area is 125 Å². The smallest absolute Gasteiger partial charge is 0.157 e. The predicted octanol–water partition coefficient (Wildman–Crippen LogP) is 3.97. The summed E-state index contributed by atoms with van der Waals surface area (Å²) in [6.07, 6.45) is 6.49. The van der Waals surface area contributed by atoms with Crippen molar-refractivity contribution in [3.63, 3.8) is 0 Å². The Bertz CT molecular complexity index is 624. The van der Waals surface area contributed by atoms with Gasteiger partial charge in [0.05, 0.1) is 0 Å². The largest absolute Gasteiger partial charge is 0.504 e. The number of phenolic OH excluding ortho intramolecular Hbond substituents is 2. The molecule has 0 heterocycles. The van der Waals surface area contributed by atoms with Crippen LogP contribution in [-0.2, 0) is 6.42 Å². The van der Waals surface area contributed by atoms with Crippen molar-refractivity contribution in [2.45, 2.75) is 51.4 Å². The minimum absolute atomic E-state index is 0.00971. The standard InChI is InChI=1S/C18H23NO2/c1-18-7-6-11-12(14(18)4-5-17(18)19)3-2-10-8-15(20)16(21)9-13(10)11/h8-9,11-12,14,19-21H,2-7H2,1H3. The molecule has 0 saturated heterocycles. The van der Waals surface area contributed by atoms with Crippen LogP contribution in [0.2, 0.25) is 0 Å². The Morgan fingerprint density at radius 2 is 1.86 bits per heavy atom. The van der Waals surface area contributed by atoms with E-state index in [1.165, 1.54) is 11.1 Å². The Morgan fingerprint density at radius 3 is 2.67 bits per heavy atom. The molecule has 0 aliphatic heterocycles. The molecular weight excluding hydrogens is 262 g/mol. The number of hydrogen-bond donors (Lipinski definition) is 3. The molecule has 2 fully saturated rings. The highest BCUT2D eigenvalue weighted by molar-refractivity contribution is 5.89. The van der Waals surface area contributed by atoms with Gasteiger partial charge in [0, 0.05) is 11.1 Å². The third-order valence-corrected chi connectivity index (χ3v) is 6.60. The monoisotopic (exact) mass is 285 g/mol. The van der Waals surface area contributed by atoms with Gasteiger partial charge in [-0.1, -0.05) is 6.92 Å². The average Bonchev–Trinajstić information content (AvgIpc) is 2.76. The van der Waals surface area contributed by atoms with Gasteiger partial charge >= 0.3 is 0 Å². The highest BCUT2D eigenvalue weighted by Gasteiger charge is 2.52. The van der Waals surface area contributed by atoms with E-state index in [0.29, 0.717) is 17.8 Å². The third kappa shape index (κ3) is 1.69. The van der Waals surface area contributed by atoms with Gasteiger partial charge in [-0.2, -0.15) is 0 Å². The fourth-order valence-corrected chi connectivity index (χ4v) is 5.41. The first kappa shape index (κ1) is 13.2. The van der Waals surface area contributed by atoms with Gasteiger partial charge in [0.15, 0.2) is 11.5 Å². The van der Waals surface area contributed by atoms with Gasteiger partial charge in [-0.25, -0.2) is 0 Å². The number of aryl methyl sites for hydroxylation is 1. The summed E-state index contributed by atoms with van der Waals surface area (Å²) in [6, 6.07) is 3.55. The summed E-state index contributed by atoms with van der Waals surface area (Å²) < 4.78 is 0. The highest BCUT2D eigenvalue weighted by Crippen LogP contribution is 2.60. The summed E-state index contributed by atoms with van der Waals surface area (Å²) in [4.78, 5) is 0. The molecule has 4 atom stereocenters. The number of aromatic hydroxyl groups is 2. The zero-order valence-corrected chi connectivity index (χ0v) is 12.5. The maximum absolute atomic E-state index is 9.86. The van der Waals surface area contributed by atoms with Crippen molar-refractivity contribution in [3.05, 3.63) is 23.3 Å². The summed E-state index contributed by atoms with van der Waals surface area (Å²) in [5.41, 5.74) is 3.55. The Hall–Kier alpha value is -1.51. The fourth-order valence-electron chi connectivity index (χ4n) is 5.41. The van der Waals surface area contributed by atoms with Crippen molar-refractivity contribution in [1.29, 1.82) is 5.41 Å². The highest BCUT2D eigenvalue weighted by atomic mass is 16.3. The van der Waals surface area contributed by atoms with E-state index in [-0.39, 0.29) is 16.9 Å². The number of rotatable bonds is 0. The van der Waals surface area contributed by atoms with Gasteiger partial charge in [-0.05, 0) is 79.5 Å². The van der Waals surface area contributed by atoms with E-state index < -0.39 is 0 Å². The molecule has 0 amide bonds. The van der Waals surface area contributed by atoms with Gasteiger partial charge in [0.1, 0.15) is 0 Å². The van der Waals surface area contributed by atoms with Crippen molar-refractivity contribution in [2.75, 3.05) is 0 Å². The molecule has 3 heteroatoms. The van der Waals surface area contributed by atoms with Crippen molar-refractivity contribution in [2.24, 2.45) is 17.3 Å². The molecule has 0 aromatic heterocycles. The topological polar surface area (TPSA) is 64.3 Å². The lowest BCUT2D eigenvalue weighted by molar-refractivity contribution is 0.0951. The molecule has 4 unspecified atom stereocenters. The molecule has 1 aromatic rings. The van der Waals surface area contributed by atoms with E-state index in [9.17, 15) is 10.2 Å². The first-order valence-corrected chi connectivity index (χ1v) is 8.13. The zero-order valence-electron chi connectivity index (χ0n) is 12.5. The lowest BCUT2D eigenvalue weighted by atomic mass is 9.55. The third-order valence-electron chi connectivity index (χ3n) is 6.60. The van der Waals surface area contributed by atoms with Crippen LogP contribution in [-0.4, -0.2) is 15.9 Å². The van der Waals surface area contributed by atoms with Crippen molar-refractivity contribution < 1.29 is 10.2 Å². The summed E-state index contributed by atoms with van der Waals surface area (Å²) in [5.74, 6) is 1.80. The van der Waals surface area contributed by atoms with Crippen molar-refractivity contribution in [1.82, 2.24) is 0 Å². The molecule has 3 nitrogen and oxygen atoms in total. The molecule has 112 valence electrons. The van der Waals surface area contributed by atoms with Gasteiger partial charge in [-0.3, -0.25) is 0 Å². The molecule has 3 aliphatic rings. The number of hydrogen-bond acceptors (Lipinski definition) is 3. The summed E-state index contributed by atoms with van der Waals surface area (Å²) >= 11 is 0. The molecule has 1 aromatic carbocycles. The lowest BCUT2D eigenvalue weighted by Gasteiger charge is -2.49. The van der Waals surface area contributed by atoms with E-state index in [4.69, 9.17) is 5.41 Å². The van der Waals surface area contributed by atoms with Crippen LogP contribution in [0.15, 0.2) is 12.1 Å². The van der Waals surface area contributed by atoms with Gasteiger partial charge < -0.3 is 15.6 Å². The van der Waals surface area contributed by atoms with E-state index in [1.807, 2.05) is 0 Å². The maximum Gasteiger partial charge on any atom is 0.157 e. The van der Waals surface area contributed by atoms with Crippen molar-refractivity contribution in [3.8, 4) is 11.5 Å². The number of nitrogens with one attached hydrogen (secondary N) is 1. The minimum Gasteiger partial charge on any atom is -0.504 e. The van der Waals surface area contributed by atoms with Crippen LogP contribution in [0.4, 0.5) is 0 Å². The lowest BCUT2D eigenvalue weighted by Crippen LogP contribution is -2.42. The second-order valence-corrected chi connectivity index (χ2v) is 7.43. The van der Waals surface area contributed by atoms with Crippen LogP contribution < -0.4 is 0 Å². The van der Waals surface area contributed by atoms with Crippen LogP contribution in [0, 0.1) is 22.7 Å². The second kappa shape index (κ2) is 4.25. The quantitative estimate of drug-likeness (QED) is 0.631. The summed E-state index contributed by atoms with van der Waals surface area (Å²) in [7, 11) is 0. The molecule has 2 saturated carbocycles. The number of benzene rings is 1. The van der Waals surface area contributed by atoms with Crippen LogP contribution in [0.3, 0.4) is 0 Å². The molecule has 0 radical (unpaired) electrons.